The van der Waals surface area contributed by atoms with E-state index >= 15 is 0 Å². The van der Waals surface area contributed by atoms with Crippen molar-refractivity contribution in [2.75, 3.05) is 13.2 Å². The summed E-state index contributed by atoms with van der Waals surface area (Å²) in [5.41, 5.74) is 1.80. The molecule has 0 radical (unpaired) electrons. The second-order valence-electron chi connectivity index (χ2n) is 4.45. The number of hydrogen-bond donors (Lipinski definition) is 1. The molecule has 0 aliphatic carbocycles. The van der Waals surface area contributed by atoms with Crippen LogP contribution in [0.2, 0.25) is 0 Å². The molecule has 2 aromatic rings. The van der Waals surface area contributed by atoms with Gasteiger partial charge in [-0.25, -0.2) is 0 Å². The summed E-state index contributed by atoms with van der Waals surface area (Å²) in [6, 6.07) is 3.85. The number of aromatic nitrogens is 3. The van der Waals surface area contributed by atoms with Crippen molar-refractivity contribution >= 4 is 0 Å². The van der Waals surface area contributed by atoms with E-state index in [1.165, 1.54) is 6.20 Å². The number of aromatic hydroxyl groups is 1. The van der Waals surface area contributed by atoms with Gasteiger partial charge in [0.1, 0.15) is 5.75 Å². The Labute approximate surface area is 105 Å². The summed E-state index contributed by atoms with van der Waals surface area (Å²) in [7, 11) is 0. The standard InChI is InChI=1S/C13H15N3O2/c17-12-1-2-13(14-8-12)10-7-15-16(9-10)11-3-5-18-6-4-11/h1-2,7-9,11,17H,3-6H2. The van der Waals surface area contributed by atoms with Gasteiger partial charge in [-0.3, -0.25) is 9.67 Å². The Kier molecular flexibility index (Phi) is 2.98. The average Bonchev–Trinajstić information content (AvgIpc) is 2.90. The molecule has 0 spiro atoms. The van der Waals surface area contributed by atoms with E-state index in [-0.39, 0.29) is 5.75 Å². The van der Waals surface area contributed by atoms with Gasteiger partial charge in [0.2, 0.25) is 0 Å². The van der Waals surface area contributed by atoms with E-state index in [1.54, 1.807) is 12.1 Å². The third-order valence-electron chi connectivity index (χ3n) is 3.21. The number of ether oxygens (including phenoxy) is 1. The van der Waals surface area contributed by atoms with E-state index in [9.17, 15) is 5.11 Å². The molecule has 5 nitrogen and oxygen atoms in total. The molecule has 0 aromatic carbocycles. The van der Waals surface area contributed by atoms with Gasteiger partial charge >= 0.3 is 0 Å². The van der Waals surface area contributed by atoms with Gasteiger partial charge in [0.15, 0.2) is 0 Å². The first kappa shape index (κ1) is 11.2. The molecule has 94 valence electrons. The number of rotatable bonds is 2. The Morgan fingerprint density at radius 2 is 2.06 bits per heavy atom. The molecule has 0 bridgehead atoms. The highest BCUT2D eigenvalue weighted by molar-refractivity contribution is 5.57. The number of nitrogens with zero attached hydrogens (tertiary/aromatic N) is 3. The molecule has 3 heterocycles. The Morgan fingerprint density at radius 1 is 1.22 bits per heavy atom. The third-order valence-corrected chi connectivity index (χ3v) is 3.21. The minimum atomic E-state index is 0.176. The number of pyridine rings is 1. The van der Waals surface area contributed by atoms with Crippen LogP contribution in [0.1, 0.15) is 18.9 Å². The monoisotopic (exact) mass is 245 g/mol. The molecule has 5 heteroatoms. The Hall–Kier alpha value is -1.88. The molecule has 0 saturated carbocycles. The molecule has 0 amide bonds. The lowest BCUT2D eigenvalue weighted by atomic mass is 10.1. The zero-order valence-electron chi connectivity index (χ0n) is 9.99. The SMILES string of the molecule is Oc1ccc(-c2cnn(C3CCOCC3)c2)nc1. The first-order chi connectivity index (χ1) is 8.83. The van der Waals surface area contributed by atoms with Crippen LogP contribution < -0.4 is 0 Å². The highest BCUT2D eigenvalue weighted by Crippen LogP contribution is 2.24. The second-order valence-corrected chi connectivity index (χ2v) is 4.45. The summed E-state index contributed by atoms with van der Waals surface area (Å²) < 4.78 is 7.34. The fourth-order valence-electron chi connectivity index (χ4n) is 2.18. The van der Waals surface area contributed by atoms with Crippen LogP contribution in [0.4, 0.5) is 0 Å². The maximum atomic E-state index is 9.22. The predicted molar refractivity (Wildman–Crippen MR) is 66.2 cm³/mol. The van der Waals surface area contributed by atoms with Crippen molar-refractivity contribution in [2.45, 2.75) is 18.9 Å². The fraction of sp³-hybridized carbons (Fsp3) is 0.385. The molecule has 1 aliphatic rings. The molecule has 18 heavy (non-hydrogen) atoms. The van der Waals surface area contributed by atoms with E-state index in [4.69, 9.17) is 4.74 Å². The van der Waals surface area contributed by atoms with Gasteiger partial charge in [-0.1, -0.05) is 0 Å². The van der Waals surface area contributed by atoms with E-state index in [2.05, 4.69) is 10.1 Å². The minimum Gasteiger partial charge on any atom is -0.506 e. The van der Waals surface area contributed by atoms with Crippen LogP contribution in [-0.2, 0) is 4.74 Å². The summed E-state index contributed by atoms with van der Waals surface area (Å²) in [6.07, 6.45) is 7.28. The zero-order chi connectivity index (χ0) is 12.4. The van der Waals surface area contributed by atoms with Crippen LogP contribution in [0.15, 0.2) is 30.7 Å². The summed E-state index contributed by atoms with van der Waals surface area (Å²) in [6.45, 7) is 1.61. The molecule has 2 aromatic heterocycles. The quantitative estimate of drug-likeness (QED) is 0.879. The summed E-state index contributed by atoms with van der Waals surface area (Å²) in [5.74, 6) is 0.176. The van der Waals surface area contributed by atoms with Crippen molar-refractivity contribution in [1.29, 1.82) is 0 Å². The van der Waals surface area contributed by atoms with Crippen LogP contribution in [0, 0.1) is 0 Å². The highest BCUT2D eigenvalue weighted by Gasteiger charge is 2.16. The molecule has 3 rings (SSSR count). The molecular formula is C13H15N3O2. The molecule has 0 atom stereocenters. The summed E-state index contributed by atoms with van der Waals surface area (Å²) in [4.78, 5) is 4.18. The van der Waals surface area contributed by atoms with Crippen LogP contribution in [-0.4, -0.2) is 33.1 Å². The Bertz CT molecular complexity index is 515. The van der Waals surface area contributed by atoms with Gasteiger partial charge in [-0.15, -0.1) is 0 Å². The lowest BCUT2D eigenvalue weighted by molar-refractivity contribution is 0.0662. The maximum absolute atomic E-state index is 9.22. The van der Waals surface area contributed by atoms with Gasteiger partial charge in [-0.2, -0.15) is 5.10 Å². The van der Waals surface area contributed by atoms with Crippen molar-refractivity contribution in [3.63, 3.8) is 0 Å². The Morgan fingerprint density at radius 3 is 2.78 bits per heavy atom. The van der Waals surface area contributed by atoms with Crippen molar-refractivity contribution in [3.8, 4) is 17.0 Å². The van der Waals surface area contributed by atoms with Gasteiger partial charge in [0, 0.05) is 25.0 Å². The lowest BCUT2D eigenvalue weighted by Gasteiger charge is -2.22. The lowest BCUT2D eigenvalue weighted by Crippen LogP contribution is -2.19. The van der Waals surface area contributed by atoms with Crippen LogP contribution in [0.5, 0.6) is 5.75 Å². The van der Waals surface area contributed by atoms with Gasteiger partial charge in [0.25, 0.3) is 0 Å². The van der Waals surface area contributed by atoms with Crippen molar-refractivity contribution in [2.24, 2.45) is 0 Å². The van der Waals surface area contributed by atoms with E-state index in [1.807, 2.05) is 17.1 Å². The van der Waals surface area contributed by atoms with Gasteiger partial charge in [0.05, 0.1) is 24.1 Å². The van der Waals surface area contributed by atoms with E-state index in [0.717, 1.165) is 37.3 Å². The molecule has 1 aliphatic heterocycles. The van der Waals surface area contributed by atoms with Gasteiger partial charge < -0.3 is 9.84 Å². The van der Waals surface area contributed by atoms with E-state index in [0.29, 0.717) is 6.04 Å². The van der Waals surface area contributed by atoms with Crippen molar-refractivity contribution < 1.29 is 9.84 Å². The first-order valence-corrected chi connectivity index (χ1v) is 6.10. The summed E-state index contributed by atoms with van der Waals surface area (Å²) >= 11 is 0. The topological polar surface area (TPSA) is 60.2 Å². The van der Waals surface area contributed by atoms with Crippen LogP contribution >= 0.6 is 0 Å². The number of hydrogen-bond acceptors (Lipinski definition) is 4. The molecular weight excluding hydrogens is 230 g/mol. The molecule has 1 N–H and O–H groups in total. The predicted octanol–water partition coefficient (Wildman–Crippen LogP) is 2.00. The summed E-state index contributed by atoms with van der Waals surface area (Å²) in [5, 5.41) is 13.6. The minimum absolute atomic E-state index is 0.176. The molecule has 0 unspecified atom stereocenters. The van der Waals surface area contributed by atoms with Gasteiger partial charge in [-0.05, 0) is 25.0 Å². The van der Waals surface area contributed by atoms with Crippen LogP contribution in [0.25, 0.3) is 11.3 Å². The second kappa shape index (κ2) is 4.78. The first-order valence-electron chi connectivity index (χ1n) is 6.10. The normalized spacial score (nSPS) is 16.9. The highest BCUT2D eigenvalue weighted by atomic mass is 16.5. The molecule has 1 fully saturated rings. The fourth-order valence-corrected chi connectivity index (χ4v) is 2.18. The smallest absolute Gasteiger partial charge is 0.133 e. The molecule has 1 saturated heterocycles. The average molecular weight is 245 g/mol. The largest absolute Gasteiger partial charge is 0.506 e. The van der Waals surface area contributed by atoms with E-state index < -0.39 is 0 Å². The third kappa shape index (κ3) is 2.22. The zero-order valence-corrected chi connectivity index (χ0v) is 9.99. The van der Waals surface area contributed by atoms with Crippen molar-refractivity contribution in [1.82, 2.24) is 14.8 Å². The Balaban J connectivity index is 1.82. The maximum Gasteiger partial charge on any atom is 0.133 e. The van der Waals surface area contributed by atoms with Crippen LogP contribution in [0.3, 0.4) is 0 Å². The van der Waals surface area contributed by atoms with Crippen molar-refractivity contribution in [3.05, 3.63) is 30.7 Å².